The van der Waals surface area contributed by atoms with Crippen LogP contribution in [0.15, 0.2) is 109 Å². The summed E-state index contributed by atoms with van der Waals surface area (Å²) in [6, 6.07) is 37.0. The molecule has 0 spiro atoms. The molecule has 0 saturated heterocycles. The van der Waals surface area contributed by atoms with Crippen molar-refractivity contribution in [3.05, 3.63) is 137 Å². The van der Waals surface area contributed by atoms with Crippen LogP contribution < -0.4 is 0 Å². The topological polar surface area (TPSA) is 46.5 Å². The monoisotopic (exact) mass is 566 g/mol. The van der Waals surface area contributed by atoms with Crippen LogP contribution in [0.3, 0.4) is 0 Å². The lowest BCUT2D eigenvalue weighted by molar-refractivity contribution is 1.09. The number of hydrogen-bond acceptors (Lipinski definition) is 2. The van der Waals surface area contributed by atoms with Gasteiger partial charge in [0.25, 0.3) is 0 Å². The van der Waals surface area contributed by atoms with Crippen molar-refractivity contribution in [2.24, 2.45) is 0 Å². The van der Waals surface area contributed by atoms with Gasteiger partial charge in [0.05, 0.1) is 57.5 Å². The van der Waals surface area contributed by atoms with Crippen LogP contribution in [0.25, 0.3) is 66.1 Å². The highest BCUT2D eigenvalue weighted by molar-refractivity contribution is 6.12. The van der Waals surface area contributed by atoms with Gasteiger partial charge in [0.2, 0.25) is 0 Å². The van der Waals surface area contributed by atoms with Crippen molar-refractivity contribution in [2.75, 3.05) is 0 Å². The highest BCUT2D eigenvalue weighted by Crippen LogP contribution is 2.42. The third-order valence-electron chi connectivity index (χ3n) is 8.82. The first kappa shape index (κ1) is 26.0. The molecule has 3 heterocycles. The molecule has 0 fully saturated rings. The first-order chi connectivity index (χ1) is 21.4. The SMILES string of the molecule is Cc1ccc2c3ccc(C)cc3n(-c3cncc(-n4c5cc(C)ccc5c5ccc(C)cc54)c3-c3cccc(C#N)c3)c2c1. The normalized spacial score (nSPS) is 11.6. The minimum atomic E-state index is 0.624. The van der Waals surface area contributed by atoms with Crippen molar-refractivity contribution in [2.45, 2.75) is 27.7 Å². The molecule has 0 radical (unpaired) electrons. The van der Waals surface area contributed by atoms with Gasteiger partial charge in [0.1, 0.15) is 0 Å². The van der Waals surface area contributed by atoms with Crippen LogP contribution in [0.2, 0.25) is 0 Å². The molecule has 4 nitrogen and oxygen atoms in total. The van der Waals surface area contributed by atoms with Gasteiger partial charge in [-0.2, -0.15) is 5.26 Å². The van der Waals surface area contributed by atoms with Gasteiger partial charge in [-0.1, -0.05) is 60.7 Å². The Morgan fingerprint density at radius 2 is 0.932 bits per heavy atom. The maximum absolute atomic E-state index is 9.93. The summed E-state index contributed by atoms with van der Waals surface area (Å²) in [5.41, 5.74) is 13.9. The van der Waals surface area contributed by atoms with E-state index in [1.807, 2.05) is 30.6 Å². The molecule has 0 aliphatic rings. The van der Waals surface area contributed by atoms with Crippen LogP contribution in [0.1, 0.15) is 27.8 Å². The molecule has 0 saturated carbocycles. The number of nitriles is 1. The number of benzene rings is 5. The lowest BCUT2D eigenvalue weighted by Crippen LogP contribution is -2.05. The Hall–Kier alpha value is -5.66. The standard InChI is InChI=1S/C40H30N4/c1-24-8-12-30-31-13-9-25(2)17-35(31)43(34(30)16-24)38-22-42-23-39(40(38)29-7-5-6-28(20-29)21-41)44-36-18-26(3)10-14-32(36)33-15-11-27(4)19-37(33)44/h5-20,22-23H,1-4H3. The minimum Gasteiger partial charge on any atom is -0.307 e. The molecule has 5 aromatic carbocycles. The predicted molar refractivity (Wildman–Crippen MR) is 182 cm³/mol. The summed E-state index contributed by atoms with van der Waals surface area (Å²) in [4.78, 5) is 4.94. The number of fused-ring (bicyclic) bond motifs is 6. The fourth-order valence-electron chi connectivity index (χ4n) is 6.81. The Bertz CT molecular complexity index is 2240. The maximum Gasteiger partial charge on any atom is 0.0991 e. The molecular formula is C40H30N4. The van der Waals surface area contributed by atoms with Gasteiger partial charge in [-0.15, -0.1) is 0 Å². The molecule has 0 unspecified atom stereocenters. The Morgan fingerprint density at radius 1 is 0.523 bits per heavy atom. The molecule has 0 N–H and O–H groups in total. The molecule has 210 valence electrons. The van der Waals surface area contributed by atoms with E-state index in [0.717, 1.165) is 44.6 Å². The second-order valence-electron chi connectivity index (χ2n) is 12.0. The Labute approximate surface area is 256 Å². The van der Waals surface area contributed by atoms with Crippen LogP contribution in [0, 0.1) is 39.0 Å². The fourth-order valence-corrected chi connectivity index (χ4v) is 6.81. The summed E-state index contributed by atoms with van der Waals surface area (Å²) in [7, 11) is 0. The predicted octanol–water partition coefficient (Wildman–Crippen LogP) is 10.0. The summed E-state index contributed by atoms with van der Waals surface area (Å²) >= 11 is 0. The molecule has 4 heteroatoms. The summed E-state index contributed by atoms with van der Waals surface area (Å²) in [5, 5.41) is 14.7. The van der Waals surface area contributed by atoms with E-state index in [1.165, 1.54) is 43.8 Å². The molecule has 0 aliphatic heterocycles. The first-order valence-corrected chi connectivity index (χ1v) is 14.9. The number of pyridine rings is 1. The van der Waals surface area contributed by atoms with Gasteiger partial charge in [0.15, 0.2) is 0 Å². The van der Waals surface area contributed by atoms with Gasteiger partial charge >= 0.3 is 0 Å². The number of hydrogen-bond donors (Lipinski definition) is 0. The maximum atomic E-state index is 9.93. The molecule has 0 aliphatic carbocycles. The number of aromatic nitrogens is 3. The van der Waals surface area contributed by atoms with Crippen molar-refractivity contribution in [1.82, 2.24) is 14.1 Å². The molecule has 8 aromatic rings. The third-order valence-corrected chi connectivity index (χ3v) is 8.82. The molecular weight excluding hydrogens is 536 g/mol. The molecule has 0 atom stereocenters. The Balaban J connectivity index is 1.59. The van der Waals surface area contributed by atoms with Crippen LogP contribution in [-0.2, 0) is 0 Å². The average molecular weight is 567 g/mol. The summed E-state index contributed by atoms with van der Waals surface area (Å²) in [6.45, 7) is 8.56. The first-order valence-electron chi connectivity index (χ1n) is 14.9. The van der Waals surface area contributed by atoms with Gasteiger partial charge in [0, 0.05) is 27.1 Å². The van der Waals surface area contributed by atoms with Crippen molar-refractivity contribution in [1.29, 1.82) is 5.26 Å². The van der Waals surface area contributed by atoms with E-state index in [-0.39, 0.29) is 0 Å². The van der Waals surface area contributed by atoms with E-state index in [2.05, 4.69) is 122 Å². The van der Waals surface area contributed by atoms with Crippen molar-refractivity contribution >= 4 is 43.6 Å². The smallest absolute Gasteiger partial charge is 0.0991 e. The Kier molecular flexibility index (Phi) is 5.73. The third kappa shape index (κ3) is 3.87. The highest BCUT2D eigenvalue weighted by Gasteiger charge is 2.22. The van der Waals surface area contributed by atoms with E-state index >= 15 is 0 Å². The Morgan fingerprint density at radius 3 is 1.32 bits per heavy atom. The lowest BCUT2D eigenvalue weighted by Gasteiger charge is -2.20. The van der Waals surface area contributed by atoms with E-state index in [0.29, 0.717) is 5.56 Å². The summed E-state index contributed by atoms with van der Waals surface area (Å²) in [6.07, 6.45) is 3.96. The van der Waals surface area contributed by atoms with E-state index in [4.69, 9.17) is 4.98 Å². The summed E-state index contributed by atoms with van der Waals surface area (Å²) < 4.78 is 4.72. The fraction of sp³-hybridized carbons (Fsp3) is 0.100. The molecule has 44 heavy (non-hydrogen) atoms. The molecule has 3 aromatic heterocycles. The average Bonchev–Trinajstić information content (AvgIpc) is 3.50. The zero-order chi connectivity index (χ0) is 30.1. The van der Waals surface area contributed by atoms with Crippen LogP contribution >= 0.6 is 0 Å². The van der Waals surface area contributed by atoms with Crippen LogP contribution in [0.5, 0.6) is 0 Å². The lowest BCUT2D eigenvalue weighted by atomic mass is 10.0. The minimum absolute atomic E-state index is 0.624. The van der Waals surface area contributed by atoms with Gasteiger partial charge in [-0.25, -0.2) is 0 Å². The van der Waals surface area contributed by atoms with Crippen LogP contribution in [-0.4, -0.2) is 14.1 Å². The zero-order valence-corrected chi connectivity index (χ0v) is 25.2. The second-order valence-corrected chi connectivity index (χ2v) is 12.0. The van der Waals surface area contributed by atoms with E-state index in [9.17, 15) is 5.26 Å². The van der Waals surface area contributed by atoms with Gasteiger partial charge in [-0.3, -0.25) is 4.98 Å². The quantitative estimate of drug-likeness (QED) is 0.214. The van der Waals surface area contributed by atoms with Crippen molar-refractivity contribution in [3.8, 4) is 28.6 Å². The van der Waals surface area contributed by atoms with E-state index in [1.54, 1.807) is 0 Å². The number of aryl methyl sites for hydroxylation is 4. The van der Waals surface area contributed by atoms with Gasteiger partial charge in [-0.05, 0) is 91.9 Å². The molecule has 0 amide bonds. The molecule has 8 rings (SSSR count). The highest BCUT2D eigenvalue weighted by atomic mass is 15.0. The number of nitrogens with zero attached hydrogens (tertiary/aromatic N) is 4. The largest absolute Gasteiger partial charge is 0.307 e. The molecule has 0 bridgehead atoms. The zero-order valence-electron chi connectivity index (χ0n) is 25.2. The van der Waals surface area contributed by atoms with Crippen LogP contribution in [0.4, 0.5) is 0 Å². The van der Waals surface area contributed by atoms with Crippen molar-refractivity contribution in [3.63, 3.8) is 0 Å². The number of rotatable bonds is 3. The summed E-state index contributed by atoms with van der Waals surface area (Å²) in [5.74, 6) is 0. The van der Waals surface area contributed by atoms with E-state index < -0.39 is 0 Å². The second kappa shape index (κ2) is 9.69. The van der Waals surface area contributed by atoms with Crippen molar-refractivity contribution < 1.29 is 0 Å². The van der Waals surface area contributed by atoms with Gasteiger partial charge < -0.3 is 9.13 Å².